The summed E-state index contributed by atoms with van der Waals surface area (Å²) in [4.78, 5) is 2.48. The quantitative estimate of drug-likeness (QED) is 0.546. The van der Waals surface area contributed by atoms with Gasteiger partial charge in [0, 0.05) is 26.2 Å². The molecule has 0 aromatic rings. The highest BCUT2D eigenvalue weighted by Crippen LogP contribution is 2.44. The van der Waals surface area contributed by atoms with Crippen LogP contribution in [0, 0.1) is 0 Å². The first kappa shape index (κ1) is 13.9. The lowest BCUT2D eigenvalue weighted by Crippen LogP contribution is -2.40. The molecule has 2 aliphatic heterocycles. The number of ether oxygens (including phenoxy) is 2. The summed E-state index contributed by atoms with van der Waals surface area (Å²) in [6.07, 6.45) is 2.93. The first-order chi connectivity index (χ1) is 7.77. The molecule has 1 atom stereocenters. The van der Waals surface area contributed by atoms with Crippen molar-refractivity contribution in [1.82, 2.24) is 4.90 Å². The fraction of sp³-hybridized carbons (Fsp3) is 1.00. The molecule has 0 N–H and O–H groups in total. The van der Waals surface area contributed by atoms with Gasteiger partial charge < -0.3 is 14.4 Å². The van der Waals surface area contributed by atoms with E-state index in [0.29, 0.717) is 6.10 Å². The van der Waals surface area contributed by atoms with E-state index < -0.39 is 0 Å². The lowest BCUT2D eigenvalue weighted by Gasteiger charge is -2.30. The number of hydrogen-bond donors (Lipinski definition) is 0. The summed E-state index contributed by atoms with van der Waals surface area (Å²) in [5.74, 6) is 0. The second-order valence-corrected chi connectivity index (χ2v) is 4.36. The number of likely N-dealkylation sites (tertiary alicyclic amines) is 1. The van der Waals surface area contributed by atoms with E-state index in [0.717, 1.165) is 19.8 Å². The number of rotatable bonds is 4. The van der Waals surface area contributed by atoms with Crippen molar-refractivity contribution in [2.75, 3.05) is 32.8 Å². The molecule has 0 bridgehead atoms. The zero-order valence-corrected chi connectivity index (χ0v) is 11.3. The second kappa shape index (κ2) is 6.58. The Hall–Kier alpha value is -0.120. The van der Waals surface area contributed by atoms with Gasteiger partial charge in [-0.25, -0.2) is 0 Å². The van der Waals surface area contributed by atoms with Crippen LogP contribution in [0.2, 0.25) is 0 Å². The van der Waals surface area contributed by atoms with Crippen molar-refractivity contribution in [1.29, 1.82) is 0 Å². The lowest BCUT2D eigenvalue weighted by molar-refractivity contribution is 0.0871. The maximum atomic E-state index is 5.66. The van der Waals surface area contributed by atoms with Crippen LogP contribution in [0.15, 0.2) is 0 Å². The minimum Gasteiger partial charge on any atom is -0.380 e. The van der Waals surface area contributed by atoms with Crippen molar-refractivity contribution in [2.45, 2.75) is 52.2 Å². The summed E-state index contributed by atoms with van der Waals surface area (Å²) in [6, 6.07) is 0. The molecule has 96 valence electrons. The van der Waals surface area contributed by atoms with E-state index in [2.05, 4.69) is 11.8 Å². The van der Waals surface area contributed by atoms with Gasteiger partial charge in [0.2, 0.25) is 0 Å². The monoisotopic (exact) mass is 229 g/mol. The third-order valence-corrected chi connectivity index (χ3v) is 3.55. The van der Waals surface area contributed by atoms with Crippen molar-refractivity contribution in [3.63, 3.8) is 0 Å². The molecular weight excluding hydrogens is 202 g/mol. The molecule has 1 unspecified atom stereocenters. The molecule has 3 heteroatoms. The van der Waals surface area contributed by atoms with E-state index in [1.807, 2.05) is 20.8 Å². The number of nitrogens with zero attached hydrogens (tertiary/aromatic N) is 1. The molecule has 0 aromatic heterocycles. The first-order valence-corrected chi connectivity index (χ1v) is 6.75. The van der Waals surface area contributed by atoms with Gasteiger partial charge in [-0.05, 0) is 26.7 Å². The van der Waals surface area contributed by atoms with Crippen LogP contribution < -0.4 is 0 Å². The lowest BCUT2D eigenvalue weighted by atomic mass is 9.94. The van der Waals surface area contributed by atoms with Gasteiger partial charge in [0.15, 0.2) is 0 Å². The summed E-state index contributed by atoms with van der Waals surface area (Å²) >= 11 is 0. The molecule has 0 amide bonds. The molecule has 0 aliphatic carbocycles. The number of piperidine rings is 1. The highest BCUT2D eigenvalue weighted by atomic mass is 16.6. The Kier molecular flexibility index (Phi) is 5.73. The predicted octanol–water partition coefficient (Wildman–Crippen LogP) is 2.30. The molecule has 2 saturated heterocycles. The van der Waals surface area contributed by atoms with E-state index >= 15 is 0 Å². The summed E-state index contributed by atoms with van der Waals surface area (Å²) in [5.41, 5.74) is 0.280. The van der Waals surface area contributed by atoms with Crippen LogP contribution in [0.1, 0.15) is 40.5 Å². The van der Waals surface area contributed by atoms with Gasteiger partial charge >= 0.3 is 0 Å². The fourth-order valence-electron chi connectivity index (χ4n) is 2.34. The Morgan fingerprint density at radius 3 is 2.31 bits per heavy atom. The van der Waals surface area contributed by atoms with Gasteiger partial charge in [-0.2, -0.15) is 0 Å². The normalized spacial score (nSPS) is 27.4. The van der Waals surface area contributed by atoms with Gasteiger partial charge in [0.05, 0.1) is 18.3 Å². The van der Waals surface area contributed by atoms with E-state index in [-0.39, 0.29) is 5.60 Å². The van der Waals surface area contributed by atoms with Crippen LogP contribution in [-0.4, -0.2) is 49.5 Å². The molecule has 2 rings (SSSR count). The minimum atomic E-state index is 0.280. The van der Waals surface area contributed by atoms with Crippen LogP contribution >= 0.6 is 0 Å². The second-order valence-electron chi connectivity index (χ2n) is 4.36. The molecule has 2 aliphatic rings. The van der Waals surface area contributed by atoms with Crippen LogP contribution in [-0.2, 0) is 9.47 Å². The smallest absolute Gasteiger partial charge is 0.0969 e. The summed E-state index contributed by atoms with van der Waals surface area (Å²) < 4.78 is 11.0. The van der Waals surface area contributed by atoms with E-state index in [1.165, 1.54) is 25.9 Å². The summed E-state index contributed by atoms with van der Waals surface area (Å²) in [5, 5.41) is 0. The van der Waals surface area contributed by atoms with Crippen molar-refractivity contribution >= 4 is 0 Å². The van der Waals surface area contributed by atoms with Crippen molar-refractivity contribution in [3.05, 3.63) is 0 Å². The fourth-order valence-corrected chi connectivity index (χ4v) is 2.34. The third-order valence-electron chi connectivity index (χ3n) is 3.55. The zero-order valence-electron chi connectivity index (χ0n) is 11.3. The minimum absolute atomic E-state index is 0.280. The predicted molar refractivity (Wildman–Crippen MR) is 66.8 cm³/mol. The third kappa shape index (κ3) is 3.44. The van der Waals surface area contributed by atoms with E-state index in [4.69, 9.17) is 9.47 Å². The van der Waals surface area contributed by atoms with E-state index in [1.54, 1.807) is 0 Å². The molecule has 2 fully saturated rings. The van der Waals surface area contributed by atoms with Gasteiger partial charge in [-0.15, -0.1) is 0 Å². The van der Waals surface area contributed by atoms with Gasteiger partial charge in [-0.3, -0.25) is 0 Å². The summed E-state index contributed by atoms with van der Waals surface area (Å²) in [7, 11) is 0. The Morgan fingerprint density at radius 1 is 1.31 bits per heavy atom. The Morgan fingerprint density at radius 2 is 1.88 bits per heavy atom. The highest BCUT2D eigenvalue weighted by Gasteiger charge is 2.53. The summed E-state index contributed by atoms with van der Waals surface area (Å²) in [6.45, 7) is 13.4. The standard InChI is InChI=1S/C11H21NO2.C2H6/c1-3-13-9-8-12-6-4-11(5-7-12)10(2)14-11;1-2/h10H,3-9H2,1-2H3;1-2H3. The first-order valence-electron chi connectivity index (χ1n) is 6.75. The van der Waals surface area contributed by atoms with Crippen molar-refractivity contribution in [3.8, 4) is 0 Å². The molecule has 1 spiro atoms. The Bertz CT molecular complexity index is 188. The van der Waals surface area contributed by atoms with Crippen LogP contribution in [0.4, 0.5) is 0 Å². The van der Waals surface area contributed by atoms with Crippen LogP contribution in [0.25, 0.3) is 0 Å². The average molecular weight is 229 g/mol. The maximum absolute atomic E-state index is 5.66. The highest BCUT2D eigenvalue weighted by molar-refractivity contribution is 5.03. The van der Waals surface area contributed by atoms with Crippen molar-refractivity contribution in [2.24, 2.45) is 0 Å². The average Bonchev–Trinajstić information content (AvgIpc) is 2.95. The zero-order chi connectivity index (χ0) is 12.0. The number of epoxide rings is 1. The Labute approximate surface area is 100 Å². The van der Waals surface area contributed by atoms with Gasteiger partial charge in [0.1, 0.15) is 0 Å². The van der Waals surface area contributed by atoms with Crippen molar-refractivity contribution < 1.29 is 9.47 Å². The van der Waals surface area contributed by atoms with Crippen LogP contribution in [0.3, 0.4) is 0 Å². The largest absolute Gasteiger partial charge is 0.380 e. The molecule has 0 aromatic carbocycles. The molecule has 2 heterocycles. The SMILES string of the molecule is CC.CCOCCN1CCC2(CC1)OC2C. The molecule has 16 heavy (non-hydrogen) atoms. The van der Waals surface area contributed by atoms with Crippen LogP contribution in [0.5, 0.6) is 0 Å². The molecule has 0 radical (unpaired) electrons. The topological polar surface area (TPSA) is 25.0 Å². The van der Waals surface area contributed by atoms with Gasteiger partial charge in [0.25, 0.3) is 0 Å². The van der Waals surface area contributed by atoms with E-state index in [9.17, 15) is 0 Å². The molecular formula is C13H27NO2. The number of hydrogen-bond acceptors (Lipinski definition) is 3. The Balaban J connectivity index is 0.000000606. The molecule has 3 nitrogen and oxygen atoms in total. The molecule has 0 saturated carbocycles. The maximum Gasteiger partial charge on any atom is 0.0969 e. The van der Waals surface area contributed by atoms with Gasteiger partial charge in [-0.1, -0.05) is 13.8 Å².